The van der Waals surface area contributed by atoms with Crippen molar-refractivity contribution in [2.75, 3.05) is 13.7 Å². The minimum absolute atomic E-state index is 0.0269. The second-order valence-corrected chi connectivity index (χ2v) is 10.3. The van der Waals surface area contributed by atoms with Crippen LogP contribution in [0, 0.1) is 16.7 Å². The van der Waals surface area contributed by atoms with Crippen LogP contribution in [0.15, 0.2) is 34.3 Å². The fourth-order valence-corrected chi connectivity index (χ4v) is 5.16. The molecule has 2 fully saturated rings. The van der Waals surface area contributed by atoms with Gasteiger partial charge < -0.3 is 4.74 Å². The van der Waals surface area contributed by atoms with E-state index in [9.17, 15) is 18.0 Å². The molecule has 2 unspecified atom stereocenters. The van der Waals surface area contributed by atoms with Crippen LogP contribution >= 0.6 is 0 Å². The molecule has 2 atom stereocenters. The molecule has 8 nitrogen and oxygen atoms in total. The van der Waals surface area contributed by atoms with E-state index in [0.29, 0.717) is 5.92 Å². The van der Waals surface area contributed by atoms with Crippen molar-refractivity contribution in [2.24, 2.45) is 21.8 Å². The molecular weight excluding hydrogens is 394 g/mol. The maximum Gasteiger partial charge on any atom is 0.338 e. The summed E-state index contributed by atoms with van der Waals surface area (Å²) in [7, 11) is -2.40. The average molecular weight is 422 g/mol. The molecule has 1 amide bonds. The molecule has 0 saturated heterocycles. The van der Waals surface area contributed by atoms with Gasteiger partial charge in [-0.1, -0.05) is 26.8 Å². The van der Waals surface area contributed by atoms with E-state index in [4.69, 9.17) is 4.74 Å². The first-order chi connectivity index (χ1) is 13.5. The summed E-state index contributed by atoms with van der Waals surface area (Å²) >= 11 is 0. The summed E-state index contributed by atoms with van der Waals surface area (Å²) < 4.78 is 30.9. The Kier molecular flexibility index (Phi) is 5.57. The number of amides is 1. The quantitative estimate of drug-likeness (QED) is 0.539. The molecular formula is C20H27N3O5S. The Hall–Kier alpha value is -2.26. The molecule has 0 heterocycles. The first kappa shape index (κ1) is 21.4. The average Bonchev–Trinajstić information content (AvgIpc) is 3.03. The Morgan fingerprint density at radius 1 is 1.28 bits per heavy atom. The Morgan fingerprint density at radius 2 is 2.00 bits per heavy atom. The number of fused-ring (bicyclic) bond motifs is 2. The molecule has 1 aromatic carbocycles. The molecule has 3 rings (SSSR count). The van der Waals surface area contributed by atoms with Gasteiger partial charge >= 0.3 is 5.97 Å². The predicted octanol–water partition coefficient (Wildman–Crippen LogP) is 2.07. The van der Waals surface area contributed by atoms with E-state index < -0.39 is 28.5 Å². The SMILES string of the molecule is CNS(=O)(=O)c1cccc(C(=O)OCC(=O)N/N=C2/CC3CCC2(C)C3(C)C)c1. The monoisotopic (exact) mass is 421 g/mol. The fraction of sp³-hybridized carbons (Fsp3) is 0.550. The molecule has 0 aromatic heterocycles. The third-order valence-electron chi connectivity index (χ3n) is 6.81. The Morgan fingerprint density at radius 3 is 2.59 bits per heavy atom. The number of esters is 1. The van der Waals surface area contributed by atoms with E-state index in [1.54, 1.807) is 0 Å². The Bertz CT molecular complexity index is 970. The zero-order valence-corrected chi connectivity index (χ0v) is 17.9. The summed E-state index contributed by atoms with van der Waals surface area (Å²) in [5.41, 5.74) is 3.65. The van der Waals surface area contributed by atoms with E-state index in [2.05, 4.69) is 36.0 Å². The van der Waals surface area contributed by atoms with Crippen LogP contribution in [0.25, 0.3) is 0 Å². The summed E-state index contributed by atoms with van der Waals surface area (Å²) in [5, 5.41) is 4.32. The van der Waals surface area contributed by atoms with Gasteiger partial charge in [0.05, 0.1) is 10.5 Å². The number of carbonyl (C=O) groups is 2. The minimum atomic E-state index is -3.68. The maximum atomic E-state index is 12.2. The molecule has 158 valence electrons. The number of benzene rings is 1. The fourth-order valence-electron chi connectivity index (χ4n) is 4.38. The summed E-state index contributed by atoms with van der Waals surface area (Å²) in [5.74, 6) is -0.745. The van der Waals surface area contributed by atoms with Gasteiger partial charge in [0.1, 0.15) is 0 Å². The number of ether oxygens (including phenoxy) is 1. The molecule has 2 N–H and O–H groups in total. The van der Waals surface area contributed by atoms with Crippen molar-refractivity contribution < 1.29 is 22.7 Å². The van der Waals surface area contributed by atoms with Gasteiger partial charge in [-0.3, -0.25) is 4.79 Å². The van der Waals surface area contributed by atoms with Gasteiger partial charge in [-0.15, -0.1) is 0 Å². The lowest BCUT2D eigenvalue weighted by molar-refractivity contribution is -0.124. The maximum absolute atomic E-state index is 12.2. The van der Waals surface area contributed by atoms with Crippen molar-refractivity contribution >= 4 is 27.6 Å². The van der Waals surface area contributed by atoms with Crippen LogP contribution < -0.4 is 10.1 Å². The zero-order valence-electron chi connectivity index (χ0n) is 17.1. The van der Waals surface area contributed by atoms with Crippen LogP contribution in [0.2, 0.25) is 0 Å². The van der Waals surface area contributed by atoms with Gasteiger partial charge in [-0.05, 0) is 55.8 Å². The molecule has 2 bridgehead atoms. The molecule has 0 radical (unpaired) electrons. The van der Waals surface area contributed by atoms with E-state index in [1.807, 2.05) is 0 Å². The number of sulfonamides is 1. The third-order valence-corrected chi connectivity index (χ3v) is 8.22. The molecule has 1 aromatic rings. The van der Waals surface area contributed by atoms with E-state index in [0.717, 1.165) is 18.6 Å². The van der Waals surface area contributed by atoms with Crippen molar-refractivity contribution in [3.8, 4) is 0 Å². The normalized spacial score (nSPS) is 26.5. The van der Waals surface area contributed by atoms with Crippen molar-refractivity contribution in [1.29, 1.82) is 0 Å². The van der Waals surface area contributed by atoms with Gasteiger partial charge in [-0.25, -0.2) is 23.4 Å². The van der Waals surface area contributed by atoms with Crippen LogP contribution in [0.3, 0.4) is 0 Å². The first-order valence-electron chi connectivity index (χ1n) is 9.58. The summed E-state index contributed by atoms with van der Waals surface area (Å²) in [6.45, 7) is 6.19. The number of hydrogen-bond acceptors (Lipinski definition) is 6. The van der Waals surface area contributed by atoms with Gasteiger partial charge in [-0.2, -0.15) is 5.10 Å². The number of hydrazone groups is 1. The zero-order chi connectivity index (χ0) is 21.4. The van der Waals surface area contributed by atoms with E-state index in [-0.39, 0.29) is 21.3 Å². The van der Waals surface area contributed by atoms with E-state index in [1.165, 1.54) is 37.7 Å². The van der Waals surface area contributed by atoms with Crippen LogP contribution in [0.5, 0.6) is 0 Å². The highest BCUT2D eigenvalue weighted by Crippen LogP contribution is 2.63. The second kappa shape index (κ2) is 7.53. The first-order valence-corrected chi connectivity index (χ1v) is 11.1. The predicted molar refractivity (Wildman–Crippen MR) is 108 cm³/mol. The summed E-state index contributed by atoms with van der Waals surface area (Å²) in [4.78, 5) is 24.2. The van der Waals surface area contributed by atoms with Crippen LogP contribution in [-0.2, 0) is 19.6 Å². The van der Waals surface area contributed by atoms with Crippen molar-refractivity contribution in [2.45, 2.75) is 44.9 Å². The molecule has 2 aliphatic carbocycles. The van der Waals surface area contributed by atoms with Gasteiger partial charge in [0.25, 0.3) is 5.91 Å². The van der Waals surface area contributed by atoms with Crippen molar-refractivity contribution in [1.82, 2.24) is 10.1 Å². The van der Waals surface area contributed by atoms with Crippen LogP contribution in [-0.4, -0.2) is 39.7 Å². The molecule has 2 saturated carbocycles. The summed E-state index contributed by atoms with van der Waals surface area (Å²) in [6, 6.07) is 5.42. The minimum Gasteiger partial charge on any atom is -0.452 e. The van der Waals surface area contributed by atoms with Crippen LogP contribution in [0.4, 0.5) is 0 Å². The topological polar surface area (TPSA) is 114 Å². The molecule has 2 aliphatic rings. The lowest BCUT2D eigenvalue weighted by Crippen LogP contribution is -2.34. The number of nitrogens with one attached hydrogen (secondary N) is 2. The van der Waals surface area contributed by atoms with Crippen molar-refractivity contribution in [3.63, 3.8) is 0 Å². The highest BCUT2D eigenvalue weighted by atomic mass is 32.2. The molecule has 0 aliphatic heterocycles. The van der Waals surface area contributed by atoms with E-state index >= 15 is 0 Å². The standard InChI is InChI=1S/C20H27N3O5S/c1-19(2)14-8-9-20(19,3)16(11-14)22-23-17(24)12-28-18(25)13-6-5-7-15(10-13)29(26,27)21-4/h5-7,10,14,21H,8-9,11-12H2,1-4H3,(H,23,24)/b22-16-. The van der Waals surface area contributed by atoms with Gasteiger partial charge in [0.15, 0.2) is 6.61 Å². The number of nitrogens with zero attached hydrogens (tertiary/aromatic N) is 1. The lowest BCUT2D eigenvalue weighted by Gasteiger charge is -2.34. The Labute approximate surface area is 171 Å². The number of hydrogen-bond donors (Lipinski definition) is 2. The van der Waals surface area contributed by atoms with Crippen LogP contribution in [0.1, 0.15) is 50.4 Å². The second-order valence-electron chi connectivity index (χ2n) is 8.40. The number of carbonyl (C=O) groups excluding carboxylic acids is 2. The highest BCUT2D eigenvalue weighted by molar-refractivity contribution is 7.89. The smallest absolute Gasteiger partial charge is 0.338 e. The Balaban J connectivity index is 1.58. The highest BCUT2D eigenvalue weighted by Gasteiger charge is 2.60. The number of rotatable bonds is 6. The van der Waals surface area contributed by atoms with Gasteiger partial charge in [0, 0.05) is 11.1 Å². The largest absolute Gasteiger partial charge is 0.452 e. The summed E-state index contributed by atoms with van der Waals surface area (Å²) in [6.07, 6.45) is 3.10. The molecule has 9 heteroatoms. The third kappa shape index (κ3) is 3.81. The molecule has 29 heavy (non-hydrogen) atoms. The lowest BCUT2D eigenvalue weighted by atomic mass is 9.70. The van der Waals surface area contributed by atoms with Crippen molar-refractivity contribution in [3.05, 3.63) is 29.8 Å². The van der Waals surface area contributed by atoms with Gasteiger partial charge in [0.2, 0.25) is 10.0 Å². The molecule has 0 spiro atoms.